The van der Waals surface area contributed by atoms with Gasteiger partial charge in [0.2, 0.25) is 0 Å². The van der Waals surface area contributed by atoms with Gasteiger partial charge in [0.05, 0.1) is 12.0 Å². The van der Waals surface area contributed by atoms with Crippen LogP contribution >= 0.6 is 11.6 Å². The molecule has 0 amide bonds. The Kier molecular flexibility index (Phi) is 4.83. The van der Waals surface area contributed by atoms with E-state index in [9.17, 15) is 0 Å². The summed E-state index contributed by atoms with van der Waals surface area (Å²) >= 11 is 6.08. The minimum atomic E-state index is 0.0881. The lowest BCUT2D eigenvalue weighted by atomic mass is 9.87. The Labute approximate surface area is 159 Å². The normalized spacial score (nSPS) is 28.6. The van der Waals surface area contributed by atoms with Crippen molar-refractivity contribution in [1.29, 1.82) is 0 Å². The van der Waals surface area contributed by atoms with E-state index in [-0.39, 0.29) is 12.0 Å². The zero-order chi connectivity index (χ0) is 18.1. The Morgan fingerprint density at radius 2 is 1.62 bits per heavy atom. The van der Waals surface area contributed by atoms with Gasteiger partial charge in [-0.1, -0.05) is 23.7 Å². The van der Waals surface area contributed by atoms with Crippen molar-refractivity contribution in [2.24, 2.45) is 5.10 Å². The predicted molar refractivity (Wildman–Crippen MR) is 105 cm³/mol. The number of piperazine rings is 1. The number of hydrogen-bond acceptors (Lipinski definition) is 5. The summed E-state index contributed by atoms with van der Waals surface area (Å²) in [5.41, 5.74) is 5.79. The van der Waals surface area contributed by atoms with E-state index in [4.69, 9.17) is 16.7 Å². The van der Waals surface area contributed by atoms with E-state index in [1.807, 2.05) is 24.5 Å². The second kappa shape index (κ2) is 7.25. The van der Waals surface area contributed by atoms with E-state index >= 15 is 0 Å². The van der Waals surface area contributed by atoms with Gasteiger partial charge in [0.25, 0.3) is 0 Å². The summed E-state index contributed by atoms with van der Waals surface area (Å²) in [7, 11) is 0. The zero-order valence-corrected chi connectivity index (χ0v) is 15.8. The highest BCUT2D eigenvalue weighted by Gasteiger charge is 2.38. The number of benzene rings is 1. The SMILES string of the molecule is CC1CN(C2=NNC(c3ccc(Cl)cc3)C2c2ccncc2)CC(C)N1. The molecule has 26 heavy (non-hydrogen) atoms. The number of hydrazone groups is 1. The quantitative estimate of drug-likeness (QED) is 0.853. The number of nitrogens with one attached hydrogen (secondary N) is 2. The van der Waals surface area contributed by atoms with E-state index < -0.39 is 0 Å². The number of amidine groups is 1. The second-order valence-corrected chi connectivity index (χ2v) is 7.70. The van der Waals surface area contributed by atoms with Crippen LogP contribution in [0.15, 0.2) is 53.9 Å². The first-order chi connectivity index (χ1) is 12.6. The van der Waals surface area contributed by atoms with E-state index in [0.717, 1.165) is 23.9 Å². The molecule has 5 nitrogen and oxygen atoms in total. The lowest BCUT2D eigenvalue weighted by Gasteiger charge is -2.39. The molecule has 0 spiro atoms. The zero-order valence-electron chi connectivity index (χ0n) is 15.1. The summed E-state index contributed by atoms with van der Waals surface area (Å²) in [6.07, 6.45) is 3.71. The Hall–Kier alpha value is -2.11. The van der Waals surface area contributed by atoms with Crippen molar-refractivity contribution in [2.75, 3.05) is 13.1 Å². The van der Waals surface area contributed by atoms with Gasteiger partial charge in [-0.3, -0.25) is 10.4 Å². The van der Waals surface area contributed by atoms with Gasteiger partial charge >= 0.3 is 0 Å². The smallest absolute Gasteiger partial charge is 0.134 e. The van der Waals surface area contributed by atoms with Gasteiger partial charge in [-0.2, -0.15) is 5.10 Å². The van der Waals surface area contributed by atoms with E-state index in [2.05, 4.69) is 58.7 Å². The molecule has 2 N–H and O–H groups in total. The van der Waals surface area contributed by atoms with E-state index in [1.54, 1.807) is 0 Å². The standard InChI is InChI=1S/C20H24ClN5/c1-13-11-26(12-14(2)23-13)20-18(15-7-9-22-10-8-15)19(24-25-20)16-3-5-17(21)6-4-16/h3-10,13-14,18-19,23-24H,11-12H2,1-2H3. The highest BCUT2D eigenvalue weighted by Crippen LogP contribution is 2.37. The third kappa shape index (κ3) is 3.41. The molecule has 4 unspecified atom stereocenters. The number of nitrogens with zero attached hydrogens (tertiary/aromatic N) is 3. The van der Waals surface area contributed by atoms with Gasteiger partial charge in [-0.05, 0) is 49.2 Å². The van der Waals surface area contributed by atoms with Crippen LogP contribution in [0.4, 0.5) is 0 Å². The molecule has 6 heteroatoms. The van der Waals surface area contributed by atoms with Crippen molar-refractivity contribution < 1.29 is 0 Å². The van der Waals surface area contributed by atoms with Crippen molar-refractivity contribution in [3.8, 4) is 0 Å². The third-order valence-electron chi connectivity index (χ3n) is 5.11. The van der Waals surface area contributed by atoms with Crippen LogP contribution in [0.3, 0.4) is 0 Å². The lowest BCUT2D eigenvalue weighted by Crippen LogP contribution is -2.56. The maximum absolute atomic E-state index is 6.08. The van der Waals surface area contributed by atoms with Crippen LogP contribution in [-0.2, 0) is 0 Å². The predicted octanol–water partition coefficient (Wildman–Crippen LogP) is 3.16. The summed E-state index contributed by atoms with van der Waals surface area (Å²) in [5, 5.41) is 9.12. The summed E-state index contributed by atoms with van der Waals surface area (Å²) in [4.78, 5) is 6.60. The summed E-state index contributed by atoms with van der Waals surface area (Å²) < 4.78 is 0. The molecule has 0 aliphatic carbocycles. The Morgan fingerprint density at radius 3 is 2.27 bits per heavy atom. The molecule has 1 aromatic carbocycles. The monoisotopic (exact) mass is 369 g/mol. The fraction of sp³-hybridized carbons (Fsp3) is 0.400. The minimum absolute atomic E-state index is 0.0881. The Bertz CT molecular complexity index is 767. The maximum atomic E-state index is 6.08. The van der Waals surface area contributed by atoms with Gasteiger partial charge in [0.15, 0.2) is 0 Å². The number of halogens is 1. The van der Waals surface area contributed by atoms with E-state index in [0.29, 0.717) is 12.1 Å². The lowest BCUT2D eigenvalue weighted by molar-refractivity contribution is 0.250. The molecule has 4 atom stereocenters. The molecule has 2 aliphatic rings. The van der Waals surface area contributed by atoms with Gasteiger partial charge < -0.3 is 10.2 Å². The summed E-state index contributed by atoms with van der Waals surface area (Å²) in [5.74, 6) is 1.26. The first kappa shape index (κ1) is 17.3. The van der Waals surface area contributed by atoms with Gasteiger partial charge in [0.1, 0.15) is 5.84 Å². The summed E-state index contributed by atoms with van der Waals surface area (Å²) in [6.45, 7) is 6.37. The first-order valence-corrected chi connectivity index (χ1v) is 9.49. The van der Waals surface area contributed by atoms with Crippen molar-refractivity contribution >= 4 is 17.4 Å². The molecule has 2 aliphatic heterocycles. The molecular weight excluding hydrogens is 346 g/mol. The average molecular weight is 370 g/mol. The number of pyridine rings is 1. The number of rotatable bonds is 2. The molecule has 1 aromatic heterocycles. The number of aromatic nitrogens is 1. The second-order valence-electron chi connectivity index (χ2n) is 7.26. The van der Waals surface area contributed by atoms with Gasteiger partial charge in [0, 0.05) is 42.6 Å². The van der Waals surface area contributed by atoms with Crippen molar-refractivity contribution in [3.63, 3.8) is 0 Å². The van der Waals surface area contributed by atoms with Gasteiger partial charge in [-0.25, -0.2) is 0 Å². The maximum Gasteiger partial charge on any atom is 0.134 e. The molecule has 4 rings (SSSR count). The van der Waals surface area contributed by atoms with Crippen LogP contribution in [0.2, 0.25) is 5.02 Å². The van der Waals surface area contributed by atoms with Crippen LogP contribution in [0.1, 0.15) is 36.9 Å². The first-order valence-electron chi connectivity index (χ1n) is 9.11. The molecule has 2 aromatic rings. The van der Waals surface area contributed by atoms with Crippen LogP contribution in [-0.4, -0.2) is 40.9 Å². The Balaban J connectivity index is 1.68. The van der Waals surface area contributed by atoms with Crippen molar-refractivity contribution in [2.45, 2.75) is 37.9 Å². The fourth-order valence-corrected chi connectivity index (χ4v) is 4.19. The molecule has 3 heterocycles. The van der Waals surface area contributed by atoms with Gasteiger partial charge in [-0.15, -0.1) is 0 Å². The summed E-state index contributed by atoms with van der Waals surface area (Å²) in [6, 6.07) is 13.2. The van der Waals surface area contributed by atoms with Crippen LogP contribution in [0.25, 0.3) is 0 Å². The molecule has 0 radical (unpaired) electrons. The highest BCUT2D eigenvalue weighted by atomic mass is 35.5. The molecule has 0 bridgehead atoms. The Morgan fingerprint density at radius 1 is 0.962 bits per heavy atom. The third-order valence-corrected chi connectivity index (χ3v) is 5.36. The molecular formula is C20H24ClN5. The largest absolute Gasteiger partial charge is 0.355 e. The van der Waals surface area contributed by atoms with Crippen LogP contribution in [0.5, 0.6) is 0 Å². The minimum Gasteiger partial charge on any atom is -0.355 e. The molecule has 1 saturated heterocycles. The fourth-order valence-electron chi connectivity index (χ4n) is 4.06. The van der Waals surface area contributed by atoms with Crippen LogP contribution in [0, 0.1) is 0 Å². The van der Waals surface area contributed by atoms with E-state index in [1.165, 1.54) is 11.1 Å². The van der Waals surface area contributed by atoms with Crippen molar-refractivity contribution in [3.05, 3.63) is 64.9 Å². The molecule has 1 fully saturated rings. The van der Waals surface area contributed by atoms with Crippen molar-refractivity contribution in [1.82, 2.24) is 20.6 Å². The average Bonchev–Trinajstić information content (AvgIpc) is 3.07. The highest BCUT2D eigenvalue weighted by molar-refractivity contribution is 6.30. The topological polar surface area (TPSA) is 52.5 Å². The molecule has 136 valence electrons. The molecule has 0 saturated carbocycles. The van der Waals surface area contributed by atoms with Crippen LogP contribution < -0.4 is 10.7 Å². The number of hydrogen-bond donors (Lipinski definition) is 2.